The van der Waals surface area contributed by atoms with E-state index in [1.54, 1.807) is 30.6 Å². The summed E-state index contributed by atoms with van der Waals surface area (Å²) in [6, 6.07) is 9.06. The van der Waals surface area contributed by atoms with Crippen molar-refractivity contribution >= 4 is 26.7 Å². The van der Waals surface area contributed by atoms with E-state index in [1.807, 2.05) is 18.4 Å². The Hall–Kier alpha value is -2.41. The van der Waals surface area contributed by atoms with Gasteiger partial charge in [-0.05, 0) is 30.2 Å². The largest absolute Gasteiger partial charge is 0.331 e. The molecule has 24 heavy (non-hydrogen) atoms. The number of hydrogen-bond acceptors (Lipinski definition) is 3. The molecule has 3 rings (SSSR count). The average Bonchev–Trinajstić information content (AvgIpc) is 2.89. The summed E-state index contributed by atoms with van der Waals surface area (Å²) in [6.45, 7) is 4.73. The van der Waals surface area contributed by atoms with Gasteiger partial charge in [-0.15, -0.1) is 0 Å². The van der Waals surface area contributed by atoms with E-state index in [0.29, 0.717) is 23.5 Å². The van der Waals surface area contributed by atoms with Crippen LogP contribution in [-0.2, 0) is 16.6 Å². The standard InChI is InChI=1S/C17H18FN3O2S/c1-12(2)10-21-11-16(13-6-5-9-19-17(13)21)24(22,23)20-15-8-4-3-7-14(15)18/h3-9,11-12,20H,10H2,1-2H3. The molecule has 2 aromatic heterocycles. The minimum absolute atomic E-state index is 0.0776. The molecule has 0 saturated carbocycles. The molecule has 0 amide bonds. The minimum Gasteiger partial charge on any atom is -0.331 e. The number of fused-ring (bicyclic) bond motifs is 1. The summed E-state index contributed by atoms with van der Waals surface area (Å²) in [5, 5.41) is 0.516. The van der Waals surface area contributed by atoms with Crippen LogP contribution in [0.4, 0.5) is 10.1 Å². The monoisotopic (exact) mass is 347 g/mol. The van der Waals surface area contributed by atoms with Crippen LogP contribution >= 0.6 is 0 Å². The molecule has 2 heterocycles. The molecule has 0 fully saturated rings. The highest BCUT2D eigenvalue weighted by Gasteiger charge is 2.23. The Bertz CT molecular complexity index is 980. The third-order valence-corrected chi connectivity index (χ3v) is 4.96. The molecule has 0 atom stereocenters. The molecule has 5 nitrogen and oxygen atoms in total. The van der Waals surface area contributed by atoms with Gasteiger partial charge in [0.15, 0.2) is 0 Å². The predicted molar refractivity (Wildman–Crippen MR) is 91.8 cm³/mol. The van der Waals surface area contributed by atoms with Crippen molar-refractivity contribution < 1.29 is 12.8 Å². The van der Waals surface area contributed by atoms with Gasteiger partial charge in [0.2, 0.25) is 0 Å². The summed E-state index contributed by atoms with van der Waals surface area (Å²) in [4.78, 5) is 4.38. The van der Waals surface area contributed by atoms with E-state index < -0.39 is 15.8 Å². The molecule has 0 aliphatic heterocycles. The lowest BCUT2D eigenvalue weighted by Gasteiger charge is -2.08. The topological polar surface area (TPSA) is 64.0 Å². The van der Waals surface area contributed by atoms with Gasteiger partial charge in [-0.2, -0.15) is 0 Å². The lowest BCUT2D eigenvalue weighted by molar-refractivity contribution is 0.530. The molecule has 3 aromatic rings. The summed E-state index contributed by atoms with van der Waals surface area (Å²) in [5.41, 5.74) is 0.520. The van der Waals surface area contributed by atoms with E-state index in [1.165, 1.54) is 18.2 Å². The number of aromatic nitrogens is 2. The lowest BCUT2D eigenvalue weighted by Crippen LogP contribution is -2.13. The van der Waals surface area contributed by atoms with Crippen LogP contribution in [0, 0.1) is 11.7 Å². The van der Waals surface area contributed by atoms with Gasteiger partial charge < -0.3 is 4.57 Å². The van der Waals surface area contributed by atoms with E-state index >= 15 is 0 Å². The van der Waals surface area contributed by atoms with Crippen molar-refractivity contribution in [3.8, 4) is 0 Å². The highest BCUT2D eigenvalue weighted by atomic mass is 32.2. The first-order chi connectivity index (χ1) is 11.4. The van der Waals surface area contributed by atoms with Crippen LogP contribution in [0.5, 0.6) is 0 Å². The van der Waals surface area contributed by atoms with Gasteiger partial charge in [-0.25, -0.2) is 17.8 Å². The molecule has 0 spiro atoms. The number of hydrogen-bond donors (Lipinski definition) is 1. The maximum Gasteiger partial charge on any atom is 0.264 e. The first kappa shape index (κ1) is 16.4. The molecule has 0 aliphatic carbocycles. The van der Waals surface area contributed by atoms with Gasteiger partial charge in [0.1, 0.15) is 16.4 Å². The Kier molecular flexibility index (Phi) is 4.28. The minimum atomic E-state index is -3.93. The number of nitrogens with one attached hydrogen (secondary N) is 1. The second-order valence-corrected chi connectivity index (χ2v) is 7.65. The zero-order valence-corrected chi connectivity index (χ0v) is 14.2. The van der Waals surface area contributed by atoms with Crippen LogP contribution in [0.25, 0.3) is 11.0 Å². The third kappa shape index (κ3) is 3.12. The molecular formula is C17H18FN3O2S. The summed E-state index contributed by atoms with van der Waals surface area (Å²) < 4.78 is 43.4. The first-order valence-corrected chi connectivity index (χ1v) is 9.08. The Morgan fingerprint density at radius 2 is 1.96 bits per heavy atom. The number of sulfonamides is 1. The zero-order chi connectivity index (χ0) is 17.3. The van der Waals surface area contributed by atoms with Crippen molar-refractivity contribution in [1.82, 2.24) is 9.55 Å². The van der Waals surface area contributed by atoms with Crippen molar-refractivity contribution in [1.29, 1.82) is 0 Å². The normalized spacial score (nSPS) is 12.0. The van der Waals surface area contributed by atoms with Gasteiger partial charge in [0.25, 0.3) is 10.0 Å². The van der Waals surface area contributed by atoms with Crippen molar-refractivity contribution in [2.24, 2.45) is 5.92 Å². The fourth-order valence-corrected chi connectivity index (χ4v) is 3.86. The molecular weight excluding hydrogens is 329 g/mol. The number of para-hydroxylation sites is 1. The summed E-state index contributed by atoms with van der Waals surface area (Å²) >= 11 is 0. The van der Waals surface area contributed by atoms with Crippen molar-refractivity contribution in [2.45, 2.75) is 25.3 Å². The highest BCUT2D eigenvalue weighted by molar-refractivity contribution is 7.93. The van der Waals surface area contributed by atoms with Crippen molar-refractivity contribution in [3.05, 3.63) is 54.6 Å². The fourth-order valence-electron chi connectivity index (χ4n) is 2.58. The predicted octanol–water partition coefficient (Wildman–Crippen LogP) is 3.63. The maximum atomic E-state index is 13.8. The Morgan fingerprint density at radius 1 is 1.21 bits per heavy atom. The number of anilines is 1. The molecule has 0 radical (unpaired) electrons. The number of pyridine rings is 1. The van der Waals surface area contributed by atoms with E-state index in [9.17, 15) is 12.8 Å². The first-order valence-electron chi connectivity index (χ1n) is 7.59. The van der Waals surface area contributed by atoms with Gasteiger partial charge >= 0.3 is 0 Å². The molecule has 126 valence electrons. The molecule has 0 saturated heterocycles. The molecule has 0 aliphatic rings. The van der Waals surface area contributed by atoms with Crippen LogP contribution in [0.2, 0.25) is 0 Å². The lowest BCUT2D eigenvalue weighted by atomic mass is 10.2. The van der Waals surface area contributed by atoms with E-state index in [4.69, 9.17) is 0 Å². The zero-order valence-electron chi connectivity index (χ0n) is 13.4. The second-order valence-electron chi connectivity index (χ2n) is 6.00. The number of halogens is 1. The number of rotatable bonds is 5. The van der Waals surface area contributed by atoms with E-state index in [0.717, 1.165) is 0 Å². The number of nitrogens with zero attached hydrogens (tertiary/aromatic N) is 2. The van der Waals surface area contributed by atoms with Crippen LogP contribution in [-0.4, -0.2) is 18.0 Å². The van der Waals surface area contributed by atoms with Gasteiger partial charge in [0.05, 0.1) is 5.69 Å². The van der Waals surface area contributed by atoms with Gasteiger partial charge in [-0.1, -0.05) is 26.0 Å². The highest BCUT2D eigenvalue weighted by Crippen LogP contribution is 2.27. The Morgan fingerprint density at radius 3 is 2.67 bits per heavy atom. The Labute approximate surface area is 140 Å². The van der Waals surface area contributed by atoms with Crippen LogP contribution < -0.4 is 4.72 Å². The van der Waals surface area contributed by atoms with Gasteiger partial charge in [0, 0.05) is 24.3 Å². The molecule has 1 aromatic carbocycles. The van der Waals surface area contributed by atoms with Crippen LogP contribution in [0.15, 0.2) is 53.7 Å². The fraction of sp³-hybridized carbons (Fsp3) is 0.235. The van der Waals surface area contributed by atoms with E-state index in [2.05, 4.69) is 9.71 Å². The molecule has 1 N–H and O–H groups in total. The third-order valence-electron chi connectivity index (χ3n) is 3.57. The second kappa shape index (κ2) is 6.24. The van der Waals surface area contributed by atoms with Crippen molar-refractivity contribution in [2.75, 3.05) is 4.72 Å². The summed E-state index contributed by atoms with van der Waals surface area (Å²) in [5.74, 6) is -0.289. The smallest absolute Gasteiger partial charge is 0.264 e. The van der Waals surface area contributed by atoms with Crippen LogP contribution in [0.1, 0.15) is 13.8 Å². The Balaban J connectivity index is 2.09. The quantitative estimate of drug-likeness (QED) is 0.766. The average molecular weight is 347 g/mol. The van der Waals surface area contributed by atoms with E-state index in [-0.39, 0.29) is 10.6 Å². The summed E-state index contributed by atoms with van der Waals surface area (Å²) in [7, 11) is -3.93. The number of benzene rings is 1. The van der Waals surface area contributed by atoms with Crippen LogP contribution in [0.3, 0.4) is 0 Å². The molecule has 0 unspecified atom stereocenters. The molecule has 0 bridgehead atoms. The van der Waals surface area contributed by atoms with Crippen molar-refractivity contribution in [3.63, 3.8) is 0 Å². The molecule has 7 heteroatoms. The van der Waals surface area contributed by atoms with Gasteiger partial charge in [-0.3, -0.25) is 4.72 Å². The SMILES string of the molecule is CC(C)Cn1cc(S(=O)(=O)Nc2ccccc2F)c2cccnc21. The summed E-state index contributed by atoms with van der Waals surface area (Å²) in [6.07, 6.45) is 3.18. The maximum absolute atomic E-state index is 13.8.